The van der Waals surface area contributed by atoms with Crippen LogP contribution < -0.4 is 0 Å². The Morgan fingerprint density at radius 3 is 2.58 bits per heavy atom. The number of rotatable bonds is 1. The summed E-state index contributed by atoms with van der Waals surface area (Å²) in [5, 5.41) is 0.572. The van der Waals surface area contributed by atoms with E-state index in [2.05, 4.69) is 4.36 Å². The molecule has 12 heavy (non-hydrogen) atoms. The van der Waals surface area contributed by atoms with Crippen LogP contribution in [0.1, 0.15) is 5.56 Å². The second-order valence-corrected chi connectivity index (χ2v) is 3.29. The Balaban J connectivity index is 3.28. The van der Waals surface area contributed by atoms with E-state index in [-0.39, 0.29) is 0 Å². The molecule has 0 unspecified atom stereocenters. The molecular weight excluding hydrogens is 198 g/mol. The van der Waals surface area contributed by atoms with E-state index in [4.69, 9.17) is 11.6 Å². The molecule has 0 N–H and O–H groups in total. The van der Waals surface area contributed by atoms with Gasteiger partial charge in [0.25, 0.3) is 0 Å². The standard InChI is InChI=1S/C7H6ClNO2S/c1-5-4-6(8)2-3-7(5)9-12(10)11/h2-4H,1H3. The molecule has 0 spiro atoms. The second-order valence-electron chi connectivity index (χ2n) is 2.24. The predicted octanol–water partition coefficient (Wildman–Crippen LogP) is 2.34. The van der Waals surface area contributed by atoms with Gasteiger partial charge < -0.3 is 0 Å². The molecular formula is C7H6ClNO2S. The summed E-state index contributed by atoms with van der Waals surface area (Å²) in [7, 11) is -2.40. The van der Waals surface area contributed by atoms with E-state index in [1.54, 1.807) is 25.1 Å². The van der Waals surface area contributed by atoms with Crippen molar-refractivity contribution in [2.24, 2.45) is 4.36 Å². The highest BCUT2D eigenvalue weighted by atomic mass is 35.5. The second kappa shape index (κ2) is 3.69. The van der Waals surface area contributed by atoms with Gasteiger partial charge in [0.2, 0.25) is 0 Å². The van der Waals surface area contributed by atoms with Crippen LogP contribution in [-0.2, 0) is 10.5 Å². The van der Waals surface area contributed by atoms with Crippen LogP contribution in [0.3, 0.4) is 0 Å². The van der Waals surface area contributed by atoms with Gasteiger partial charge in [-0.2, -0.15) is 8.42 Å². The van der Waals surface area contributed by atoms with E-state index in [0.29, 0.717) is 10.7 Å². The molecule has 0 saturated carbocycles. The molecule has 0 amide bonds. The molecule has 0 aliphatic heterocycles. The van der Waals surface area contributed by atoms with Crippen molar-refractivity contribution in [3.8, 4) is 0 Å². The summed E-state index contributed by atoms with van der Waals surface area (Å²) in [6.07, 6.45) is 0. The lowest BCUT2D eigenvalue weighted by molar-refractivity contribution is 0.622. The first kappa shape index (κ1) is 9.22. The fourth-order valence-corrected chi connectivity index (χ4v) is 1.39. The Labute approximate surface area is 76.7 Å². The van der Waals surface area contributed by atoms with Crippen molar-refractivity contribution in [3.63, 3.8) is 0 Å². The highest BCUT2D eigenvalue weighted by Gasteiger charge is 1.96. The lowest BCUT2D eigenvalue weighted by Crippen LogP contribution is -1.73. The van der Waals surface area contributed by atoms with E-state index < -0.39 is 10.5 Å². The molecule has 0 aromatic heterocycles. The van der Waals surface area contributed by atoms with Gasteiger partial charge in [0, 0.05) is 5.02 Å². The van der Waals surface area contributed by atoms with Crippen molar-refractivity contribution < 1.29 is 8.42 Å². The maximum Gasteiger partial charge on any atom is 0.316 e. The molecule has 1 rings (SSSR count). The number of hydrogen-bond acceptors (Lipinski definition) is 3. The van der Waals surface area contributed by atoms with Crippen LogP contribution in [0, 0.1) is 6.92 Å². The highest BCUT2D eigenvalue weighted by molar-refractivity contribution is 7.61. The third-order valence-electron chi connectivity index (χ3n) is 1.33. The van der Waals surface area contributed by atoms with Crippen molar-refractivity contribution in [3.05, 3.63) is 28.8 Å². The van der Waals surface area contributed by atoms with Gasteiger partial charge in [0.15, 0.2) is 0 Å². The van der Waals surface area contributed by atoms with Gasteiger partial charge in [0.1, 0.15) is 0 Å². The maximum atomic E-state index is 10.2. The zero-order chi connectivity index (χ0) is 9.14. The number of nitrogens with zero attached hydrogens (tertiary/aromatic N) is 1. The normalized spacial score (nSPS) is 9.50. The third-order valence-corrected chi connectivity index (χ3v) is 1.91. The molecule has 0 atom stereocenters. The minimum absolute atomic E-state index is 0.424. The van der Waals surface area contributed by atoms with E-state index in [1.165, 1.54) is 0 Å². The summed E-state index contributed by atoms with van der Waals surface area (Å²) < 4.78 is 23.8. The van der Waals surface area contributed by atoms with Gasteiger partial charge in [-0.25, -0.2) is 0 Å². The third kappa shape index (κ3) is 2.32. The van der Waals surface area contributed by atoms with Crippen LogP contribution in [-0.4, -0.2) is 8.42 Å². The Morgan fingerprint density at radius 1 is 1.42 bits per heavy atom. The number of benzene rings is 1. The largest absolute Gasteiger partial charge is 0.316 e. The number of aryl methyl sites for hydroxylation is 1. The average molecular weight is 204 g/mol. The summed E-state index contributed by atoms with van der Waals surface area (Å²) >= 11 is 5.66. The fraction of sp³-hybridized carbons (Fsp3) is 0.143. The van der Waals surface area contributed by atoms with Gasteiger partial charge in [-0.1, -0.05) is 11.6 Å². The summed E-state index contributed by atoms with van der Waals surface area (Å²) in [5.74, 6) is 0. The van der Waals surface area contributed by atoms with Crippen LogP contribution in [0.4, 0.5) is 5.69 Å². The Bertz CT molecular complexity index is 417. The molecule has 0 saturated heterocycles. The molecule has 3 nitrogen and oxygen atoms in total. The summed E-state index contributed by atoms with van der Waals surface area (Å²) in [4.78, 5) is 0. The summed E-state index contributed by atoms with van der Waals surface area (Å²) in [6, 6.07) is 4.82. The first-order valence-corrected chi connectivity index (χ1v) is 4.58. The molecule has 0 aliphatic carbocycles. The van der Waals surface area contributed by atoms with Crippen LogP contribution in [0.2, 0.25) is 5.02 Å². The molecule has 5 heteroatoms. The first-order valence-electron chi connectivity index (χ1n) is 3.17. The van der Waals surface area contributed by atoms with Crippen LogP contribution in [0.5, 0.6) is 0 Å². The van der Waals surface area contributed by atoms with Crippen LogP contribution in [0.25, 0.3) is 0 Å². The highest BCUT2D eigenvalue weighted by Crippen LogP contribution is 2.21. The SMILES string of the molecule is Cc1cc(Cl)ccc1N=S(=O)=O. The van der Waals surface area contributed by atoms with E-state index >= 15 is 0 Å². The van der Waals surface area contributed by atoms with Gasteiger partial charge in [-0.05, 0) is 30.7 Å². The topological polar surface area (TPSA) is 46.5 Å². The first-order chi connectivity index (χ1) is 5.59. The Kier molecular flexibility index (Phi) is 2.83. The minimum Gasteiger partial charge on any atom is -0.163 e. The number of hydrogen-bond donors (Lipinski definition) is 0. The molecule has 0 fully saturated rings. The Hall–Kier alpha value is -0.870. The number of halogens is 1. The van der Waals surface area contributed by atoms with Crippen molar-refractivity contribution >= 4 is 27.8 Å². The van der Waals surface area contributed by atoms with Crippen molar-refractivity contribution in [1.29, 1.82) is 0 Å². The van der Waals surface area contributed by atoms with Gasteiger partial charge in [-0.15, -0.1) is 4.36 Å². The van der Waals surface area contributed by atoms with Crippen molar-refractivity contribution in [2.75, 3.05) is 0 Å². The lowest BCUT2D eigenvalue weighted by atomic mass is 10.2. The molecule has 0 bridgehead atoms. The minimum atomic E-state index is -2.40. The monoisotopic (exact) mass is 203 g/mol. The van der Waals surface area contributed by atoms with E-state index in [1.807, 2.05) is 0 Å². The van der Waals surface area contributed by atoms with Crippen LogP contribution in [0.15, 0.2) is 22.6 Å². The smallest absolute Gasteiger partial charge is 0.163 e. The average Bonchev–Trinajstić information content (AvgIpc) is 1.94. The summed E-state index contributed by atoms with van der Waals surface area (Å²) in [5.41, 5.74) is 1.17. The van der Waals surface area contributed by atoms with Crippen molar-refractivity contribution in [1.82, 2.24) is 0 Å². The van der Waals surface area contributed by atoms with Crippen LogP contribution >= 0.6 is 11.6 Å². The van der Waals surface area contributed by atoms with E-state index in [9.17, 15) is 8.42 Å². The predicted molar refractivity (Wildman–Crippen MR) is 47.2 cm³/mol. The fourth-order valence-electron chi connectivity index (χ4n) is 0.802. The van der Waals surface area contributed by atoms with Crippen molar-refractivity contribution in [2.45, 2.75) is 6.92 Å². The quantitative estimate of drug-likeness (QED) is 0.704. The molecule has 0 aliphatic rings. The van der Waals surface area contributed by atoms with Gasteiger partial charge in [-0.3, -0.25) is 0 Å². The summed E-state index contributed by atoms with van der Waals surface area (Å²) in [6.45, 7) is 1.75. The molecule has 64 valence electrons. The van der Waals surface area contributed by atoms with Gasteiger partial charge >= 0.3 is 10.5 Å². The van der Waals surface area contributed by atoms with E-state index in [0.717, 1.165) is 5.56 Å². The molecule has 1 aromatic carbocycles. The molecule has 1 aromatic rings. The Morgan fingerprint density at radius 2 is 2.08 bits per heavy atom. The zero-order valence-corrected chi connectivity index (χ0v) is 7.85. The zero-order valence-electron chi connectivity index (χ0n) is 6.28. The molecule has 0 heterocycles. The maximum absolute atomic E-state index is 10.2. The molecule has 0 radical (unpaired) electrons. The lowest BCUT2D eigenvalue weighted by Gasteiger charge is -1.96. The van der Waals surface area contributed by atoms with Gasteiger partial charge in [0.05, 0.1) is 5.69 Å².